The SMILES string of the molecule is Cc1nsc(Nc2ccc(N(C)C)cc2)c1C(=O)O. The summed E-state index contributed by atoms with van der Waals surface area (Å²) in [7, 11) is 3.94. The number of aromatic nitrogens is 1. The lowest BCUT2D eigenvalue weighted by molar-refractivity contribution is 0.0697. The number of rotatable bonds is 4. The molecule has 0 spiro atoms. The Bertz CT molecular complexity index is 590. The number of nitrogens with zero attached hydrogens (tertiary/aromatic N) is 2. The monoisotopic (exact) mass is 277 g/mol. The molecule has 0 fully saturated rings. The Hall–Kier alpha value is -2.08. The third kappa shape index (κ3) is 2.85. The maximum absolute atomic E-state index is 11.2. The summed E-state index contributed by atoms with van der Waals surface area (Å²) in [5, 5.41) is 12.8. The molecule has 0 amide bonds. The van der Waals surface area contributed by atoms with E-state index in [9.17, 15) is 4.79 Å². The lowest BCUT2D eigenvalue weighted by Gasteiger charge is -2.13. The average molecular weight is 277 g/mol. The quantitative estimate of drug-likeness (QED) is 0.899. The number of carboxylic acid groups (broad SMARTS) is 1. The second kappa shape index (κ2) is 5.27. The van der Waals surface area contributed by atoms with Crippen LogP contribution in [0.1, 0.15) is 16.1 Å². The van der Waals surface area contributed by atoms with Gasteiger partial charge in [0.2, 0.25) is 0 Å². The summed E-state index contributed by atoms with van der Waals surface area (Å²) >= 11 is 1.16. The minimum atomic E-state index is -0.960. The highest BCUT2D eigenvalue weighted by Gasteiger charge is 2.17. The van der Waals surface area contributed by atoms with E-state index >= 15 is 0 Å². The number of nitrogens with one attached hydrogen (secondary N) is 1. The van der Waals surface area contributed by atoms with Gasteiger partial charge in [0, 0.05) is 25.5 Å². The van der Waals surface area contributed by atoms with Crippen LogP contribution in [0.5, 0.6) is 0 Å². The van der Waals surface area contributed by atoms with Gasteiger partial charge in [0.25, 0.3) is 0 Å². The first-order chi connectivity index (χ1) is 8.99. The molecule has 0 radical (unpaired) electrons. The molecule has 0 saturated carbocycles. The summed E-state index contributed by atoms with van der Waals surface area (Å²) in [6.07, 6.45) is 0. The molecule has 0 aliphatic heterocycles. The zero-order chi connectivity index (χ0) is 14.0. The van der Waals surface area contributed by atoms with Crippen LogP contribution in [0.4, 0.5) is 16.4 Å². The van der Waals surface area contributed by atoms with Crippen LogP contribution < -0.4 is 10.2 Å². The fraction of sp³-hybridized carbons (Fsp3) is 0.231. The molecule has 5 nitrogen and oxygen atoms in total. The molecule has 19 heavy (non-hydrogen) atoms. The van der Waals surface area contributed by atoms with Crippen LogP contribution in [-0.2, 0) is 0 Å². The third-order valence-electron chi connectivity index (χ3n) is 2.72. The molecule has 100 valence electrons. The minimum Gasteiger partial charge on any atom is -0.478 e. The number of aromatic carboxylic acids is 1. The molecule has 1 aromatic heterocycles. The van der Waals surface area contributed by atoms with E-state index in [2.05, 4.69) is 9.69 Å². The first kappa shape index (κ1) is 13.4. The number of hydrogen-bond donors (Lipinski definition) is 2. The summed E-state index contributed by atoms with van der Waals surface area (Å²) in [5.41, 5.74) is 2.70. The number of aryl methyl sites for hydroxylation is 1. The van der Waals surface area contributed by atoms with Gasteiger partial charge in [0.15, 0.2) is 0 Å². The molecule has 6 heteroatoms. The smallest absolute Gasteiger partial charge is 0.340 e. The summed E-state index contributed by atoms with van der Waals surface area (Å²) in [5.74, 6) is -0.960. The maximum atomic E-state index is 11.2. The molecule has 0 saturated heterocycles. The van der Waals surface area contributed by atoms with Gasteiger partial charge in [-0.25, -0.2) is 4.79 Å². The van der Waals surface area contributed by atoms with Crippen molar-refractivity contribution >= 4 is 33.9 Å². The molecule has 0 atom stereocenters. The lowest BCUT2D eigenvalue weighted by atomic mass is 10.2. The van der Waals surface area contributed by atoms with Crippen LogP contribution >= 0.6 is 11.5 Å². The second-order valence-corrected chi connectivity index (χ2v) is 5.12. The van der Waals surface area contributed by atoms with Gasteiger partial charge < -0.3 is 15.3 Å². The molecular weight excluding hydrogens is 262 g/mol. The molecule has 0 unspecified atom stereocenters. The molecule has 0 bridgehead atoms. The number of carboxylic acids is 1. The molecule has 2 rings (SSSR count). The fourth-order valence-corrected chi connectivity index (χ4v) is 2.49. The van der Waals surface area contributed by atoms with E-state index in [0.29, 0.717) is 10.7 Å². The van der Waals surface area contributed by atoms with Crippen LogP contribution in [0.25, 0.3) is 0 Å². The van der Waals surface area contributed by atoms with Crippen molar-refractivity contribution in [3.05, 3.63) is 35.5 Å². The third-order valence-corrected chi connectivity index (χ3v) is 3.57. The van der Waals surface area contributed by atoms with Gasteiger partial charge in [-0.1, -0.05) is 0 Å². The summed E-state index contributed by atoms with van der Waals surface area (Å²) in [4.78, 5) is 13.2. The van der Waals surface area contributed by atoms with Gasteiger partial charge in [0.05, 0.1) is 5.69 Å². The van der Waals surface area contributed by atoms with Crippen LogP contribution in [0, 0.1) is 6.92 Å². The summed E-state index contributed by atoms with van der Waals surface area (Å²) in [6, 6.07) is 7.76. The van der Waals surface area contributed by atoms with Gasteiger partial charge in [-0.3, -0.25) is 0 Å². The summed E-state index contributed by atoms with van der Waals surface area (Å²) < 4.78 is 4.07. The molecule has 1 aromatic carbocycles. The van der Waals surface area contributed by atoms with E-state index in [0.717, 1.165) is 22.9 Å². The Balaban J connectivity index is 2.24. The van der Waals surface area contributed by atoms with Gasteiger partial charge >= 0.3 is 5.97 Å². The predicted molar refractivity (Wildman–Crippen MR) is 77.9 cm³/mol. The first-order valence-corrected chi connectivity index (χ1v) is 6.50. The zero-order valence-electron chi connectivity index (χ0n) is 11.0. The van der Waals surface area contributed by atoms with Crippen molar-refractivity contribution in [1.82, 2.24) is 4.37 Å². The average Bonchev–Trinajstić information content (AvgIpc) is 2.71. The highest BCUT2D eigenvalue weighted by atomic mass is 32.1. The van der Waals surface area contributed by atoms with Crippen molar-refractivity contribution in [3.63, 3.8) is 0 Å². The zero-order valence-corrected chi connectivity index (χ0v) is 11.8. The Labute approximate surface area is 115 Å². The second-order valence-electron chi connectivity index (χ2n) is 4.34. The van der Waals surface area contributed by atoms with E-state index in [-0.39, 0.29) is 5.56 Å². The number of carbonyl (C=O) groups is 1. The largest absolute Gasteiger partial charge is 0.478 e. The van der Waals surface area contributed by atoms with Gasteiger partial charge in [-0.05, 0) is 42.7 Å². The molecule has 2 aromatic rings. The maximum Gasteiger partial charge on any atom is 0.340 e. The van der Waals surface area contributed by atoms with Gasteiger partial charge in [-0.2, -0.15) is 4.37 Å². The Morgan fingerprint density at radius 1 is 1.32 bits per heavy atom. The van der Waals surface area contributed by atoms with Gasteiger partial charge in [-0.15, -0.1) is 0 Å². The van der Waals surface area contributed by atoms with Crippen LogP contribution in [-0.4, -0.2) is 29.5 Å². The predicted octanol–water partition coefficient (Wildman–Crippen LogP) is 2.96. The van der Waals surface area contributed by atoms with Crippen LogP contribution in [0.2, 0.25) is 0 Å². The normalized spacial score (nSPS) is 10.3. The van der Waals surface area contributed by atoms with Crippen molar-refractivity contribution in [2.24, 2.45) is 0 Å². The van der Waals surface area contributed by atoms with Crippen molar-refractivity contribution < 1.29 is 9.90 Å². The fourth-order valence-electron chi connectivity index (χ4n) is 1.68. The number of anilines is 3. The Morgan fingerprint density at radius 3 is 2.47 bits per heavy atom. The molecular formula is C13H15N3O2S. The molecule has 2 N–H and O–H groups in total. The number of benzene rings is 1. The highest BCUT2D eigenvalue weighted by molar-refractivity contribution is 7.10. The standard InChI is InChI=1S/C13H15N3O2S/c1-8-11(13(17)18)12(19-15-8)14-9-4-6-10(7-5-9)16(2)3/h4-7,14H,1-3H3,(H,17,18). The van der Waals surface area contributed by atoms with Crippen LogP contribution in [0.15, 0.2) is 24.3 Å². The Kier molecular flexibility index (Phi) is 3.71. The van der Waals surface area contributed by atoms with Crippen molar-refractivity contribution in [3.8, 4) is 0 Å². The van der Waals surface area contributed by atoms with Crippen molar-refractivity contribution in [2.75, 3.05) is 24.3 Å². The van der Waals surface area contributed by atoms with E-state index in [4.69, 9.17) is 5.11 Å². The lowest BCUT2D eigenvalue weighted by Crippen LogP contribution is -2.08. The van der Waals surface area contributed by atoms with E-state index < -0.39 is 5.97 Å². The van der Waals surface area contributed by atoms with Crippen molar-refractivity contribution in [2.45, 2.75) is 6.92 Å². The Morgan fingerprint density at radius 2 is 1.95 bits per heavy atom. The molecule has 0 aliphatic rings. The first-order valence-electron chi connectivity index (χ1n) is 5.73. The van der Waals surface area contributed by atoms with E-state index in [1.54, 1.807) is 6.92 Å². The molecule has 1 heterocycles. The summed E-state index contributed by atoms with van der Waals surface area (Å²) in [6.45, 7) is 1.69. The minimum absolute atomic E-state index is 0.238. The topological polar surface area (TPSA) is 65.5 Å². The van der Waals surface area contributed by atoms with Crippen molar-refractivity contribution in [1.29, 1.82) is 0 Å². The van der Waals surface area contributed by atoms with Gasteiger partial charge in [0.1, 0.15) is 10.6 Å². The number of hydrogen-bond acceptors (Lipinski definition) is 5. The van der Waals surface area contributed by atoms with E-state index in [1.165, 1.54) is 0 Å². The van der Waals surface area contributed by atoms with E-state index in [1.807, 2.05) is 43.3 Å². The highest BCUT2D eigenvalue weighted by Crippen LogP contribution is 2.28. The van der Waals surface area contributed by atoms with Crippen LogP contribution in [0.3, 0.4) is 0 Å². The molecule has 0 aliphatic carbocycles.